The summed E-state index contributed by atoms with van der Waals surface area (Å²) < 4.78 is 39.3. The number of halogens is 4. The molecule has 2 rings (SSSR count). The molecular formula is C16H18ClF3N4O. The largest absolute Gasteiger partial charge is 0.433 e. The monoisotopic (exact) mass is 374 g/mol. The van der Waals surface area contributed by atoms with E-state index in [1.165, 1.54) is 0 Å². The zero-order valence-electron chi connectivity index (χ0n) is 13.6. The summed E-state index contributed by atoms with van der Waals surface area (Å²) in [7, 11) is 0. The number of nitrogens with one attached hydrogen (secondary N) is 2. The average molecular weight is 375 g/mol. The van der Waals surface area contributed by atoms with E-state index in [0.717, 1.165) is 6.07 Å². The lowest BCUT2D eigenvalue weighted by molar-refractivity contribution is -0.141. The van der Waals surface area contributed by atoms with Crippen LogP contribution in [0.4, 0.5) is 30.6 Å². The van der Waals surface area contributed by atoms with E-state index in [1.54, 1.807) is 24.3 Å². The van der Waals surface area contributed by atoms with Crippen LogP contribution in [0.25, 0.3) is 0 Å². The molecule has 0 spiro atoms. The number of nitrogens with zero attached hydrogens (tertiary/aromatic N) is 2. The number of rotatable bonds is 6. The van der Waals surface area contributed by atoms with E-state index in [-0.39, 0.29) is 24.3 Å². The first kappa shape index (κ1) is 19.3. The fourth-order valence-corrected chi connectivity index (χ4v) is 2.21. The molecule has 3 N–H and O–H groups in total. The van der Waals surface area contributed by atoms with Crippen molar-refractivity contribution in [2.75, 3.05) is 17.2 Å². The summed E-state index contributed by atoms with van der Waals surface area (Å²) in [5, 5.41) is 15.3. The number of hydrogen-bond acceptors (Lipinski definition) is 5. The molecule has 1 heterocycles. The molecule has 0 unspecified atom stereocenters. The number of alkyl halides is 3. The molecule has 2 aromatic rings. The summed E-state index contributed by atoms with van der Waals surface area (Å²) in [6.45, 7) is 3.40. The van der Waals surface area contributed by atoms with Gasteiger partial charge in [0, 0.05) is 16.8 Å². The van der Waals surface area contributed by atoms with Crippen LogP contribution in [0.5, 0.6) is 0 Å². The molecule has 0 saturated carbocycles. The Labute approximate surface area is 148 Å². The lowest BCUT2D eigenvalue weighted by Crippen LogP contribution is -2.30. The normalized spacial score (nSPS) is 13.0. The summed E-state index contributed by atoms with van der Waals surface area (Å²) >= 11 is 5.88. The van der Waals surface area contributed by atoms with Crippen LogP contribution < -0.4 is 10.6 Å². The highest BCUT2D eigenvalue weighted by Gasteiger charge is 2.34. The van der Waals surface area contributed by atoms with Crippen molar-refractivity contribution >= 4 is 29.1 Å². The van der Waals surface area contributed by atoms with Crippen molar-refractivity contribution in [2.45, 2.75) is 26.1 Å². The second-order valence-electron chi connectivity index (χ2n) is 5.77. The van der Waals surface area contributed by atoms with Crippen molar-refractivity contribution in [2.24, 2.45) is 5.92 Å². The summed E-state index contributed by atoms with van der Waals surface area (Å²) in [6, 6.07) is 6.87. The number of aliphatic hydroxyl groups excluding tert-OH is 1. The maximum absolute atomic E-state index is 13.1. The molecule has 9 heteroatoms. The van der Waals surface area contributed by atoms with Gasteiger partial charge in [0.2, 0.25) is 5.95 Å². The van der Waals surface area contributed by atoms with Crippen LogP contribution in [-0.2, 0) is 6.18 Å². The predicted octanol–water partition coefficient (Wildman–Crippen LogP) is 4.32. The number of benzene rings is 1. The van der Waals surface area contributed by atoms with Gasteiger partial charge in [-0.1, -0.05) is 31.5 Å². The first-order valence-electron chi connectivity index (χ1n) is 7.55. The minimum Gasteiger partial charge on any atom is -0.394 e. The van der Waals surface area contributed by atoms with E-state index in [2.05, 4.69) is 20.6 Å². The van der Waals surface area contributed by atoms with Crippen LogP contribution in [0, 0.1) is 5.92 Å². The third kappa shape index (κ3) is 5.47. The Balaban J connectivity index is 2.36. The van der Waals surface area contributed by atoms with Crippen molar-refractivity contribution in [3.63, 3.8) is 0 Å². The standard InChI is InChI=1S/C16H18ClF3N4O/c1-9(2)12(8-25)22-15-23-13(16(18,19)20)7-14(24-15)21-11-5-3-4-10(17)6-11/h3-7,9,12,25H,8H2,1-2H3,(H2,21,22,23,24)/t12-/m0/s1. The lowest BCUT2D eigenvalue weighted by Gasteiger charge is -2.21. The Bertz CT molecular complexity index is 725. The number of hydrogen-bond donors (Lipinski definition) is 3. The van der Waals surface area contributed by atoms with Crippen LogP contribution in [0.15, 0.2) is 30.3 Å². The molecule has 5 nitrogen and oxygen atoms in total. The highest BCUT2D eigenvalue weighted by atomic mass is 35.5. The van der Waals surface area contributed by atoms with Gasteiger partial charge in [-0.3, -0.25) is 0 Å². The fourth-order valence-electron chi connectivity index (χ4n) is 2.02. The smallest absolute Gasteiger partial charge is 0.394 e. The highest BCUT2D eigenvalue weighted by Crippen LogP contribution is 2.31. The van der Waals surface area contributed by atoms with E-state index in [0.29, 0.717) is 10.7 Å². The van der Waals surface area contributed by atoms with Crippen molar-refractivity contribution < 1.29 is 18.3 Å². The Morgan fingerprint density at radius 1 is 1.20 bits per heavy atom. The number of anilines is 3. The molecule has 0 aliphatic heterocycles. The molecule has 0 saturated heterocycles. The topological polar surface area (TPSA) is 70.1 Å². The molecule has 1 atom stereocenters. The third-order valence-corrected chi connectivity index (χ3v) is 3.66. The van der Waals surface area contributed by atoms with E-state index >= 15 is 0 Å². The van der Waals surface area contributed by atoms with E-state index in [9.17, 15) is 18.3 Å². The highest BCUT2D eigenvalue weighted by molar-refractivity contribution is 6.30. The van der Waals surface area contributed by atoms with Crippen LogP contribution in [-0.4, -0.2) is 27.7 Å². The zero-order chi connectivity index (χ0) is 18.6. The lowest BCUT2D eigenvalue weighted by atomic mass is 10.1. The minimum atomic E-state index is -4.63. The van der Waals surface area contributed by atoms with Gasteiger partial charge >= 0.3 is 6.18 Å². The molecule has 25 heavy (non-hydrogen) atoms. The molecular weight excluding hydrogens is 357 g/mol. The first-order chi connectivity index (χ1) is 11.7. The maximum Gasteiger partial charge on any atom is 0.433 e. The van der Waals surface area contributed by atoms with Gasteiger partial charge in [-0.2, -0.15) is 18.2 Å². The van der Waals surface area contributed by atoms with Gasteiger partial charge in [0.15, 0.2) is 5.69 Å². The van der Waals surface area contributed by atoms with Gasteiger partial charge in [0.25, 0.3) is 0 Å². The summed E-state index contributed by atoms with van der Waals surface area (Å²) in [5.41, 5.74) is -0.595. The molecule has 0 aliphatic rings. The van der Waals surface area contributed by atoms with Gasteiger partial charge < -0.3 is 15.7 Å². The summed E-state index contributed by atoms with van der Waals surface area (Å²) in [4.78, 5) is 7.56. The van der Waals surface area contributed by atoms with Crippen LogP contribution >= 0.6 is 11.6 Å². The number of aliphatic hydroxyl groups is 1. The van der Waals surface area contributed by atoms with Crippen molar-refractivity contribution in [1.29, 1.82) is 0 Å². The number of aromatic nitrogens is 2. The SMILES string of the molecule is CC(C)[C@H](CO)Nc1nc(Nc2cccc(Cl)c2)cc(C(F)(F)F)n1. The van der Waals surface area contributed by atoms with Crippen LogP contribution in [0.3, 0.4) is 0 Å². The quantitative estimate of drug-likeness (QED) is 0.702. The van der Waals surface area contributed by atoms with Gasteiger partial charge in [-0.05, 0) is 24.1 Å². The predicted molar refractivity (Wildman–Crippen MR) is 91.1 cm³/mol. The Hall–Kier alpha value is -2.06. The maximum atomic E-state index is 13.1. The fraction of sp³-hybridized carbons (Fsp3) is 0.375. The molecule has 0 radical (unpaired) electrons. The van der Waals surface area contributed by atoms with E-state index in [1.807, 2.05) is 13.8 Å². The Kier molecular flexibility index (Phi) is 6.07. The minimum absolute atomic E-state index is 0.0209. The van der Waals surface area contributed by atoms with Crippen molar-refractivity contribution in [3.8, 4) is 0 Å². The summed E-state index contributed by atoms with van der Waals surface area (Å²) in [5.74, 6) is -0.271. The van der Waals surface area contributed by atoms with Gasteiger partial charge in [-0.25, -0.2) is 4.98 Å². The second-order valence-corrected chi connectivity index (χ2v) is 6.21. The molecule has 0 aliphatic carbocycles. The molecule has 1 aromatic carbocycles. The second kappa shape index (κ2) is 7.88. The van der Waals surface area contributed by atoms with Crippen molar-refractivity contribution in [3.05, 3.63) is 41.0 Å². The van der Waals surface area contributed by atoms with Gasteiger partial charge in [0.05, 0.1) is 12.6 Å². The van der Waals surface area contributed by atoms with E-state index in [4.69, 9.17) is 11.6 Å². The average Bonchev–Trinajstić information content (AvgIpc) is 2.51. The molecule has 0 bridgehead atoms. The summed E-state index contributed by atoms with van der Waals surface area (Å²) in [6.07, 6.45) is -4.63. The Morgan fingerprint density at radius 2 is 1.92 bits per heavy atom. The van der Waals surface area contributed by atoms with Gasteiger partial charge in [0.1, 0.15) is 5.82 Å². The molecule has 0 fully saturated rings. The Morgan fingerprint density at radius 3 is 2.48 bits per heavy atom. The van der Waals surface area contributed by atoms with Crippen molar-refractivity contribution in [1.82, 2.24) is 9.97 Å². The first-order valence-corrected chi connectivity index (χ1v) is 7.93. The third-order valence-electron chi connectivity index (χ3n) is 3.43. The molecule has 0 amide bonds. The van der Waals surface area contributed by atoms with E-state index < -0.39 is 17.9 Å². The van der Waals surface area contributed by atoms with Gasteiger partial charge in [-0.15, -0.1) is 0 Å². The zero-order valence-corrected chi connectivity index (χ0v) is 14.4. The molecule has 136 valence electrons. The molecule has 1 aromatic heterocycles. The van der Waals surface area contributed by atoms with Crippen LogP contribution in [0.2, 0.25) is 5.02 Å². The van der Waals surface area contributed by atoms with Crippen LogP contribution in [0.1, 0.15) is 19.5 Å².